The third kappa shape index (κ3) is 4.34. The van der Waals surface area contributed by atoms with Crippen LogP contribution in [0.5, 0.6) is 5.75 Å². The Morgan fingerprint density at radius 1 is 1.19 bits per heavy atom. The first-order valence-electron chi connectivity index (χ1n) is 6.31. The smallest absolute Gasteiger partial charge is 0.156 e. The minimum atomic E-state index is -0.278. The van der Waals surface area contributed by atoms with Gasteiger partial charge in [0.25, 0.3) is 0 Å². The summed E-state index contributed by atoms with van der Waals surface area (Å²) < 4.78 is 20.1. The number of hydrogen-bond donors (Lipinski definition) is 1. The van der Waals surface area contributed by atoms with Crippen LogP contribution in [0.25, 0.3) is 0 Å². The van der Waals surface area contributed by atoms with Gasteiger partial charge in [0.15, 0.2) is 5.75 Å². The maximum Gasteiger partial charge on any atom is 0.156 e. The molecule has 2 nitrogen and oxygen atoms in total. The molecule has 2 rings (SSSR count). The van der Waals surface area contributed by atoms with Gasteiger partial charge in [0.2, 0.25) is 0 Å². The van der Waals surface area contributed by atoms with Crippen LogP contribution in [0.1, 0.15) is 12.5 Å². The number of halogens is 4. The van der Waals surface area contributed by atoms with Gasteiger partial charge in [-0.1, -0.05) is 17.7 Å². The molecular weight excluding hydrogens is 424 g/mol. The molecule has 0 saturated heterocycles. The highest BCUT2D eigenvalue weighted by Crippen LogP contribution is 2.37. The molecule has 0 aromatic heterocycles. The molecule has 0 atom stereocenters. The summed E-state index contributed by atoms with van der Waals surface area (Å²) in [6, 6.07) is 8.48. The Hall–Kier alpha value is -0.780. The first-order valence-corrected chi connectivity index (χ1v) is 8.27. The van der Waals surface area contributed by atoms with Crippen LogP contribution in [0.15, 0.2) is 39.3 Å². The molecule has 0 unspecified atom stereocenters. The molecule has 112 valence electrons. The first-order chi connectivity index (χ1) is 10.0. The average Bonchev–Trinajstić information content (AvgIpc) is 2.43. The molecule has 6 heteroatoms. The van der Waals surface area contributed by atoms with Gasteiger partial charge in [-0.05, 0) is 68.6 Å². The van der Waals surface area contributed by atoms with Crippen molar-refractivity contribution in [1.82, 2.24) is 0 Å². The highest BCUT2D eigenvalue weighted by Gasteiger charge is 2.10. The lowest BCUT2D eigenvalue weighted by molar-refractivity contribution is 0.339. The fourth-order valence-electron chi connectivity index (χ4n) is 1.83. The van der Waals surface area contributed by atoms with E-state index in [9.17, 15) is 4.39 Å². The van der Waals surface area contributed by atoms with Crippen LogP contribution in [0, 0.1) is 5.82 Å². The van der Waals surface area contributed by atoms with Crippen LogP contribution in [0.3, 0.4) is 0 Å². The zero-order chi connectivity index (χ0) is 15.4. The van der Waals surface area contributed by atoms with Gasteiger partial charge in [0.1, 0.15) is 5.82 Å². The molecule has 0 fully saturated rings. The third-order valence-electron chi connectivity index (χ3n) is 2.76. The summed E-state index contributed by atoms with van der Waals surface area (Å²) in [5, 5.41) is 3.86. The van der Waals surface area contributed by atoms with Gasteiger partial charge >= 0.3 is 0 Å². The summed E-state index contributed by atoms with van der Waals surface area (Å²) in [6.07, 6.45) is 0. The number of anilines is 1. The van der Waals surface area contributed by atoms with Crippen LogP contribution in [0.2, 0.25) is 5.02 Å². The van der Waals surface area contributed by atoms with E-state index >= 15 is 0 Å². The molecule has 0 aliphatic heterocycles. The summed E-state index contributed by atoms with van der Waals surface area (Å²) in [7, 11) is 0. The highest BCUT2D eigenvalue weighted by molar-refractivity contribution is 9.10. The lowest BCUT2D eigenvalue weighted by atomic mass is 10.2. The van der Waals surface area contributed by atoms with Crippen LogP contribution >= 0.6 is 43.5 Å². The predicted octanol–water partition coefficient (Wildman–Crippen LogP) is 6.01. The van der Waals surface area contributed by atoms with E-state index in [2.05, 4.69) is 37.2 Å². The quantitative estimate of drug-likeness (QED) is 0.618. The second kappa shape index (κ2) is 7.47. The van der Waals surface area contributed by atoms with Crippen molar-refractivity contribution in [3.8, 4) is 5.75 Å². The van der Waals surface area contributed by atoms with E-state index in [0.29, 0.717) is 28.4 Å². The topological polar surface area (TPSA) is 21.3 Å². The van der Waals surface area contributed by atoms with Gasteiger partial charge in [-0.2, -0.15) is 0 Å². The minimum absolute atomic E-state index is 0.278. The summed E-state index contributed by atoms with van der Waals surface area (Å²) in [5.74, 6) is 0.433. The van der Waals surface area contributed by atoms with E-state index in [4.69, 9.17) is 16.3 Å². The normalized spacial score (nSPS) is 10.5. The van der Waals surface area contributed by atoms with Crippen LogP contribution in [-0.2, 0) is 6.54 Å². The SMILES string of the molecule is CCOc1c(Br)cc(Cl)cc1NCc1ccc(F)c(Br)c1. The Kier molecular flexibility index (Phi) is 5.90. The van der Waals surface area contributed by atoms with E-state index in [1.807, 2.05) is 6.92 Å². The van der Waals surface area contributed by atoms with Gasteiger partial charge in [0.05, 0.1) is 21.2 Å². The largest absolute Gasteiger partial charge is 0.491 e. The second-order valence-electron chi connectivity index (χ2n) is 4.30. The van der Waals surface area contributed by atoms with Crippen molar-refractivity contribution in [2.75, 3.05) is 11.9 Å². The summed E-state index contributed by atoms with van der Waals surface area (Å²) in [6.45, 7) is 3.00. The Labute approximate surface area is 144 Å². The lowest BCUT2D eigenvalue weighted by Crippen LogP contribution is -2.03. The molecule has 2 aromatic rings. The Balaban J connectivity index is 2.20. The molecule has 0 saturated carbocycles. The fourth-order valence-corrected chi connectivity index (χ4v) is 3.18. The minimum Gasteiger partial charge on any atom is -0.491 e. The first kappa shape index (κ1) is 16.6. The summed E-state index contributed by atoms with van der Waals surface area (Å²) >= 11 is 12.7. The van der Waals surface area contributed by atoms with Gasteiger partial charge in [-0.3, -0.25) is 0 Å². The maximum absolute atomic E-state index is 13.2. The molecule has 0 amide bonds. The number of hydrogen-bond acceptors (Lipinski definition) is 2. The summed E-state index contributed by atoms with van der Waals surface area (Å²) in [5.41, 5.74) is 1.73. The molecule has 0 spiro atoms. The van der Waals surface area contributed by atoms with E-state index in [1.165, 1.54) is 6.07 Å². The van der Waals surface area contributed by atoms with Crippen molar-refractivity contribution >= 4 is 49.1 Å². The average molecular weight is 438 g/mol. The Morgan fingerprint density at radius 2 is 1.95 bits per heavy atom. The molecule has 2 aromatic carbocycles. The molecule has 1 N–H and O–H groups in total. The predicted molar refractivity (Wildman–Crippen MR) is 91.7 cm³/mol. The molecular formula is C15H13Br2ClFNO. The van der Waals surface area contributed by atoms with Crippen molar-refractivity contribution < 1.29 is 9.13 Å². The molecule has 0 heterocycles. The molecule has 0 aliphatic carbocycles. The van der Waals surface area contributed by atoms with Gasteiger partial charge in [-0.25, -0.2) is 4.39 Å². The molecule has 21 heavy (non-hydrogen) atoms. The monoisotopic (exact) mass is 435 g/mol. The van der Waals surface area contributed by atoms with Crippen molar-refractivity contribution in [2.45, 2.75) is 13.5 Å². The van der Waals surface area contributed by atoms with Crippen molar-refractivity contribution in [2.24, 2.45) is 0 Å². The molecule has 0 aliphatic rings. The van der Waals surface area contributed by atoms with Crippen LogP contribution in [-0.4, -0.2) is 6.61 Å². The van der Waals surface area contributed by atoms with Gasteiger partial charge < -0.3 is 10.1 Å². The Bertz CT molecular complexity index is 652. The van der Waals surface area contributed by atoms with E-state index in [0.717, 1.165) is 15.7 Å². The fraction of sp³-hybridized carbons (Fsp3) is 0.200. The van der Waals surface area contributed by atoms with Crippen LogP contribution < -0.4 is 10.1 Å². The van der Waals surface area contributed by atoms with E-state index in [1.54, 1.807) is 24.3 Å². The number of rotatable bonds is 5. The van der Waals surface area contributed by atoms with Gasteiger partial charge in [-0.15, -0.1) is 0 Å². The van der Waals surface area contributed by atoms with Crippen molar-refractivity contribution in [3.05, 3.63) is 55.7 Å². The lowest BCUT2D eigenvalue weighted by Gasteiger charge is -2.15. The Morgan fingerprint density at radius 3 is 2.62 bits per heavy atom. The van der Waals surface area contributed by atoms with Crippen molar-refractivity contribution in [3.63, 3.8) is 0 Å². The number of benzene rings is 2. The van der Waals surface area contributed by atoms with Gasteiger partial charge in [0, 0.05) is 11.6 Å². The van der Waals surface area contributed by atoms with E-state index in [-0.39, 0.29) is 5.82 Å². The van der Waals surface area contributed by atoms with Crippen molar-refractivity contribution in [1.29, 1.82) is 0 Å². The zero-order valence-electron chi connectivity index (χ0n) is 11.2. The standard InChI is InChI=1S/C15H13Br2ClFNO/c1-2-21-15-12(17)6-10(18)7-14(15)20-8-9-3-4-13(19)11(16)5-9/h3-7,20H,2,8H2,1H3. The zero-order valence-corrected chi connectivity index (χ0v) is 15.1. The van der Waals surface area contributed by atoms with Crippen LogP contribution in [0.4, 0.5) is 10.1 Å². The summed E-state index contributed by atoms with van der Waals surface area (Å²) in [4.78, 5) is 0. The number of ether oxygens (including phenoxy) is 1. The molecule has 0 radical (unpaired) electrons. The highest BCUT2D eigenvalue weighted by atomic mass is 79.9. The second-order valence-corrected chi connectivity index (χ2v) is 6.44. The maximum atomic E-state index is 13.2. The molecule has 0 bridgehead atoms. The number of nitrogens with one attached hydrogen (secondary N) is 1. The van der Waals surface area contributed by atoms with E-state index < -0.39 is 0 Å². The third-order valence-corrected chi connectivity index (χ3v) is 4.18.